The Balaban J connectivity index is 2.02. The Labute approximate surface area is 161 Å². The molecule has 0 bridgehead atoms. The van der Waals surface area contributed by atoms with Crippen LogP contribution in [0.25, 0.3) is 0 Å². The average molecular weight is 390 g/mol. The number of sulfonamides is 1. The normalized spacial score (nSPS) is 11.9. The van der Waals surface area contributed by atoms with Crippen molar-refractivity contribution < 1.29 is 13.2 Å². The van der Waals surface area contributed by atoms with E-state index in [4.69, 9.17) is 0 Å². The summed E-state index contributed by atoms with van der Waals surface area (Å²) in [6, 6.07) is 12.9. The molecule has 0 unspecified atom stereocenters. The molecule has 0 saturated carbocycles. The SMILES string of the molecule is CC(C)(C)c1ccc(N(CCC(=O)NCc2ccccn2)S(C)(=O)=O)cc1. The molecule has 2 aromatic rings. The third-order valence-corrected chi connectivity index (χ3v) is 5.35. The molecule has 1 N–H and O–H groups in total. The number of hydrogen-bond acceptors (Lipinski definition) is 4. The number of amides is 1. The van der Waals surface area contributed by atoms with Crippen LogP contribution >= 0.6 is 0 Å². The van der Waals surface area contributed by atoms with Crippen LogP contribution in [-0.2, 0) is 26.8 Å². The molecular weight excluding hydrogens is 362 g/mol. The molecule has 1 heterocycles. The molecule has 27 heavy (non-hydrogen) atoms. The largest absolute Gasteiger partial charge is 0.350 e. The Morgan fingerprint density at radius 3 is 2.30 bits per heavy atom. The Morgan fingerprint density at radius 1 is 1.11 bits per heavy atom. The molecule has 1 amide bonds. The minimum Gasteiger partial charge on any atom is -0.350 e. The summed E-state index contributed by atoms with van der Waals surface area (Å²) < 4.78 is 25.6. The van der Waals surface area contributed by atoms with Crippen LogP contribution in [0.2, 0.25) is 0 Å². The van der Waals surface area contributed by atoms with Gasteiger partial charge in [-0.3, -0.25) is 14.1 Å². The lowest BCUT2D eigenvalue weighted by atomic mass is 9.87. The first kappa shape index (κ1) is 20.9. The smallest absolute Gasteiger partial charge is 0.232 e. The Kier molecular flexibility index (Phi) is 6.59. The number of carbonyl (C=O) groups excluding carboxylic acids is 1. The lowest BCUT2D eigenvalue weighted by molar-refractivity contribution is -0.121. The van der Waals surface area contributed by atoms with Crippen molar-refractivity contribution in [2.45, 2.75) is 39.2 Å². The van der Waals surface area contributed by atoms with Crippen LogP contribution in [0, 0.1) is 0 Å². The number of aromatic nitrogens is 1. The van der Waals surface area contributed by atoms with Gasteiger partial charge in [0.25, 0.3) is 0 Å². The molecule has 0 aliphatic carbocycles. The van der Waals surface area contributed by atoms with Crippen LogP contribution in [0.4, 0.5) is 5.69 Å². The third-order valence-electron chi connectivity index (χ3n) is 4.16. The quantitative estimate of drug-likeness (QED) is 0.790. The number of rotatable bonds is 7. The van der Waals surface area contributed by atoms with Crippen molar-refractivity contribution in [1.82, 2.24) is 10.3 Å². The zero-order chi connectivity index (χ0) is 20.1. The molecule has 0 aliphatic rings. The number of nitrogens with zero attached hydrogens (tertiary/aromatic N) is 2. The lowest BCUT2D eigenvalue weighted by Gasteiger charge is -2.24. The van der Waals surface area contributed by atoms with Crippen LogP contribution in [0.15, 0.2) is 48.7 Å². The first-order valence-corrected chi connectivity index (χ1v) is 10.7. The van der Waals surface area contributed by atoms with Crippen LogP contribution < -0.4 is 9.62 Å². The van der Waals surface area contributed by atoms with E-state index >= 15 is 0 Å². The van der Waals surface area contributed by atoms with E-state index in [1.807, 2.05) is 24.3 Å². The van der Waals surface area contributed by atoms with E-state index in [9.17, 15) is 13.2 Å². The molecule has 1 aromatic heterocycles. The fraction of sp³-hybridized carbons (Fsp3) is 0.400. The summed E-state index contributed by atoms with van der Waals surface area (Å²) in [6.45, 7) is 6.70. The maximum Gasteiger partial charge on any atom is 0.232 e. The monoisotopic (exact) mass is 389 g/mol. The van der Waals surface area contributed by atoms with Crippen LogP contribution in [0.3, 0.4) is 0 Å². The van der Waals surface area contributed by atoms with Crippen LogP contribution in [0.1, 0.15) is 38.4 Å². The zero-order valence-electron chi connectivity index (χ0n) is 16.3. The van der Waals surface area contributed by atoms with E-state index in [0.717, 1.165) is 17.5 Å². The first-order valence-electron chi connectivity index (χ1n) is 8.82. The summed E-state index contributed by atoms with van der Waals surface area (Å²) in [5, 5.41) is 2.76. The highest BCUT2D eigenvalue weighted by Crippen LogP contribution is 2.26. The highest BCUT2D eigenvalue weighted by atomic mass is 32.2. The van der Waals surface area contributed by atoms with Gasteiger partial charge in [-0.1, -0.05) is 39.0 Å². The van der Waals surface area contributed by atoms with Crippen molar-refractivity contribution in [2.75, 3.05) is 17.1 Å². The van der Waals surface area contributed by atoms with Crippen molar-refractivity contribution in [1.29, 1.82) is 0 Å². The van der Waals surface area contributed by atoms with Gasteiger partial charge in [0.1, 0.15) is 0 Å². The van der Waals surface area contributed by atoms with Gasteiger partial charge < -0.3 is 5.32 Å². The number of pyridine rings is 1. The Bertz CT molecular complexity index is 858. The standard InChI is InChI=1S/C20H27N3O3S/c1-20(2,3)16-8-10-18(11-9-16)23(27(4,25)26)14-12-19(24)22-15-17-7-5-6-13-21-17/h5-11,13H,12,14-15H2,1-4H3,(H,22,24). The molecule has 0 saturated heterocycles. The Morgan fingerprint density at radius 2 is 1.78 bits per heavy atom. The fourth-order valence-corrected chi connectivity index (χ4v) is 3.53. The predicted octanol–water partition coefficient (Wildman–Crippen LogP) is 2.85. The molecule has 0 radical (unpaired) electrons. The number of benzene rings is 1. The van der Waals surface area contributed by atoms with E-state index in [1.54, 1.807) is 24.4 Å². The topological polar surface area (TPSA) is 79.4 Å². The van der Waals surface area contributed by atoms with Gasteiger partial charge in [0, 0.05) is 19.2 Å². The second kappa shape index (κ2) is 8.52. The maximum absolute atomic E-state index is 12.2. The van der Waals surface area contributed by atoms with Gasteiger partial charge in [-0.2, -0.15) is 0 Å². The van der Waals surface area contributed by atoms with Crippen LogP contribution in [-0.4, -0.2) is 32.1 Å². The number of anilines is 1. The summed E-state index contributed by atoms with van der Waals surface area (Å²) in [5.41, 5.74) is 2.42. The predicted molar refractivity (Wildman–Crippen MR) is 108 cm³/mol. The van der Waals surface area contributed by atoms with E-state index in [0.29, 0.717) is 12.2 Å². The highest BCUT2D eigenvalue weighted by molar-refractivity contribution is 7.92. The van der Waals surface area contributed by atoms with Gasteiger partial charge in [-0.05, 0) is 35.2 Å². The van der Waals surface area contributed by atoms with Crippen molar-refractivity contribution in [2.24, 2.45) is 0 Å². The van der Waals surface area contributed by atoms with Gasteiger partial charge in [-0.15, -0.1) is 0 Å². The molecule has 0 atom stereocenters. The lowest BCUT2D eigenvalue weighted by Crippen LogP contribution is -2.34. The number of carbonyl (C=O) groups is 1. The number of hydrogen-bond donors (Lipinski definition) is 1. The fourth-order valence-electron chi connectivity index (χ4n) is 2.60. The van der Waals surface area contributed by atoms with E-state index < -0.39 is 10.0 Å². The minimum absolute atomic E-state index is 0.0141. The van der Waals surface area contributed by atoms with Gasteiger partial charge in [-0.25, -0.2) is 8.42 Å². The summed E-state index contributed by atoms with van der Waals surface area (Å²) in [7, 11) is -3.49. The Hall–Kier alpha value is -2.41. The minimum atomic E-state index is -3.49. The van der Waals surface area contributed by atoms with Gasteiger partial charge in [0.2, 0.25) is 15.9 Å². The van der Waals surface area contributed by atoms with E-state index in [2.05, 4.69) is 31.1 Å². The summed E-state index contributed by atoms with van der Waals surface area (Å²) in [5.74, 6) is -0.222. The molecule has 0 spiro atoms. The van der Waals surface area contributed by atoms with E-state index in [-0.39, 0.29) is 24.3 Å². The molecule has 1 aromatic carbocycles. The molecule has 2 rings (SSSR count). The summed E-state index contributed by atoms with van der Waals surface area (Å²) >= 11 is 0. The molecule has 6 nitrogen and oxygen atoms in total. The second-order valence-corrected chi connectivity index (χ2v) is 9.39. The second-order valence-electron chi connectivity index (χ2n) is 7.48. The third kappa shape index (κ3) is 6.36. The zero-order valence-corrected chi connectivity index (χ0v) is 17.1. The number of nitrogens with one attached hydrogen (secondary N) is 1. The van der Waals surface area contributed by atoms with Crippen molar-refractivity contribution in [3.63, 3.8) is 0 Å². The van der Waals surface area contributed by atoms with Crippen molar-refractivity contribution >= 4 is 21.6 Å². The molecule has 0 fully saturated rings. The van der Waals surface area contributed by atoms with Gasteiger partial charge >= 0.3 is 0 Å². The van der Waals surface area contributed by atoms with Gasteiger partial charge in [0.15, 0.2) is 0 Å². The first-order chi connectivity index (χ1) is 12.6. The van der Waals surface area contributed by atoms with Crippen molar-refractivity contribution in [3.8, 4) is 0 Å². The highest BCUT2D eigenvalue weighted by Gasteiger charge is 2.20. The van der Waals surface area contributed by atoms with Crippen LogP contribution in [0.5, 0.6) is 0 Å². The summed E-state index contributed by atoms with van der Waals surface area (Å²) in [6.07, 6.45) is 2.88. The molecule has 7 heteroatoms. The summed E-state index contributed by atoms with van der Waals surface area (Å²) in [4.78, 5) is 16.2. The molecule has 0 aliphatic heterocycles. The van der Waals surface area contributed by atoms with Crippen molar-refractivity contribution in [3.05, 3.63) is 59.9 Å². The van der Waals surface area contributed by atoms with Gasteiger partial charge in [0.05, 0.1) is 24.2 Å². The van der Waals surface area contributed by atoms with E-state index in [1.165, 1.54) is 4.31 Å². The molecule has 146 valence electrons. The average Bonchev–Trinajstić information content (AvgIpc) is 2.59. The molecular formula is C20H27N3O3S. The maximum atomic E-state index is 12.2.